The van der Waals surface area contributed by atoms with Gasteiger partial charge < -0.3 is 10.1 Å². The molecule has 14 heavy (non-hydrogen) atoms. The highest BCUT2D eigenvalue weighted by molar-refractivity contribution is 4.62. The van der Waals surface area contributed by atoms with Crippen molar-refractivity contribution in [3.05, 3.63) is 0 Å². The molecule has 0 fully saturated rings. The molecule has 0 aliphatic carbocycles. The van der Waals surface area contributed by atoms with Gasteiger partial charge in [-0.15, -0.1) is 0 Å². The fourth-order valence-corrected chi connectivity index (χ4v) is 1.08. The number of rotatable bonds is 7. The van der Waals surface area contributed by atoms with Crippen LogP contribution in [0.3, 0.4) is 0 Å². The summed E-state index contributed by atoms with van der Waals surface area (Å²) in [5.41, 5.74) is 0. The largest absolute Gasteiger partial charge is 0.411 e. The summed E-state index contributed by atoms with van der Waals surface area (Å²) in [7, 11) is 0. The summed E-state index contributed by atoms with van der Waals surface area (Å²) in [6, 6.07) is 0. The Morgan fingerprint density at radius 2 is 1.93 bits per heavy atom. The van der Waals surface area contributed by atoms with Crippen LogP contribution in [0.2, 0.25) is 0 Å². The number of halogens is 3. The first kappa shape index (κ1) is 13.7. The Bertz CT molecular complexity index is 139. The first-order valence-corrected chi connectivity index (χ1v) is 4.88. The zero-order valence-corrected chi connectivity index (χ0v) is 8.66. The monoisotopic (exact) mass is 213 g/mol. The van der Waals surface area contributed by atoms with Crippen molar-refractivity contribution in [1.82, 2.24) is 5.32 Å². The predicted octanol–water partition coefficient (Wildman–Crippen LogP) is 2.34. The molecule has 0 saturated heterocycles. The van der Waals surface area contributed by atoms with Gasteiger partial charge in [0.25, 0.3) is 0 Å². The lowest BCUT2D eigenvalue weighted by Crippen LogP contribution is -2.32. The zero-order chi connectivity index (χ0) is 11.0. The maximum Gasteiger partial charge on any atom is 0.411 e. The normalized spacial score (nSPS) is 14.4. The van der Waals surface area contributed by atoms with Crippen LogP contribution in [-0.4, -0.2) is 32.0 Å². The van der Waals surface area contributed by atoms with Crippen LogP contribution in [0.1, 0.15) is 26.7 Å². The molecule has 0 aromatic rings. The average molecular weight is 213 g/mol. The number of nitrogens with one attached hydrogen (secondary N) is 1. The molecule has 1 N–H and O–H groups in total. The van der Waals surface area contributed by atoms with E-state index in [1.807, 2.05) is 13.8 Å². The lowest BCUT2D eigenvalue weighted by Gasteiger charge is -2.18. The summed E-state index contributed by atoms with van der Waals surface area (Å²) in [6.07, 6.45) is -3.07. The molecule has 0 heterocycles. The minimum atomic E-state index is -4.22. The van der Waals surface area contributed by atoms with Gasteiger partial charge in [-0.2, -0.15) is 13.2 Å². The molecule has 0 aromatic carbocycles. The predicted molar refractivity (Wildman–Crippen MR) is 49.2 cm³/mol. The summed E-state index contributed by atoms with van der Waals surface area (Å²) in [6.45, 7) is 3.92. The van der Waals surface area contributed by atoms with Crippen LogP contribution in [-0.2, 0) is 4.74 Å². The van der Waals surface area contributed by atoms with Gasteiger partial charge in [-0.05, 0) is 13.0 Å². The van der Waals surface area contributed by atoms with Crippen LogP contribution in [0.25, 0.3) is 0 Å². The van der Waals surface area contributed by atoms with E-state index in [9.17, 15) is 13.2 Å². The third kappa shape index (κ3) is 8.31. The molecule has 2 nitrogen and oxygen atoms in total. The molecule has 0 aliphatic heterocycles. The van der Waals surface area contributed by atoms with Crippen LogP contribution in [0.4, 0.5) is 13.2 Å². The molecule has 0 spiro atoms. The molecule has 1 atom stereocenters. The van der Waals surface area contributed by atoms with Crippen molar-refractivity contribution in [3.8, 4) is 0 Å². The Morgan fingerprint density at radius 3 is 2.36 bits per heavy atom. The third-order valence-electron chi connectivity index (χ3n) is 1.72. The lowest BCUT2D eigenvalue weighted by atomic mass is 10.2. The Labute approximate surface area is 82.8 Å². The number of hydrogen-bond acceptors (Lipinski definition) is 2. The van der Waals surface area contributed by atoms with Crippen molar-refractivity contribution in [2.24, 2.45) is 0 Å². The molecule has 0 rings (SSSR count). The van der Waals surface area contributed by atoms with E-state index in [4.69, 9.17) is 4.74 Å². The van der Waals surface area contributed by atoms with Crippen LogP contribution >= 0.6 is 0 Å². The molecule has 0 aliphatic rings. The van der Waals surface area contributed by atoms with E-state index in [0.29, 0.717) is 13.0 Å². The second-order valence-corrected chi connectivity index (χ2v) is 3.14. The van der Waals surface area contributed by atoms with E-state index < -0.39 is 12.8 Å². The smallest absolute Gasteiger partial charge is 0.367 e. The highest BCUT2D eigenvalue weighted by Crippen LogP contribution is 2.16. The molecular formula is C9H18F3NO. The first-order valence-electron chi connectivity index (χ1n) is 4.88. The number of hydrogen-bond donors (Lipinski definition) is 1. The van der Waals surface area contributed by atoms with E-state index in [2.05, 4.69) is 5.32 Å². The van der Waals surface area contributed by atoms with Gasteiger partial charge in [-0.25, -0.2) is 0 Å². The van der Waals surface area contributed by atoms with E-state index >= 15 is 0 Å². The average Bonchev–Trinajstić information content (AvgIpc) is 2.08. The fourth-order valence-electron chi connectivity index (χ4n) is 1.08. The Morgan fingerprint density at radius 1 is 1.29 bits per heavy atom. The van der Waals surface area contributed by atoms with E-state index in [1.165, 1.54) is 0 Å². The third-order valence-corrected chi connectivity index (χ3v) is 1.72. The highest BCUT2D eigenvalue weighted by atomic mass is 19.4. The summed E-state index contributed by atoms with van der Waals surface area (Å²) in [4.78, 5) is 0. The maximum absolute atomic E-state index is 11.8. The minimum absolute atomic E-state index is 0.332. The summed E-state index contributed by atoms with van der Waals surface area (Å²) < 4.78 is 40.3. The molecule has 1 unspecified atom stereocenters. The van der Waals surface area contributed by atoms with Gasteiger partial charge in [0.05, 0.1) is 6.10 Å². The molecular weight excluding hydrogens is 195 g/mol. The van der Waals surface area contributed by atoms with E-state index in [1.54, 1.807) is 0 Å². The summed E-state index contributed by atoms with van der Waals surface area (Å²) in [5.74, 6) is 0. The van der Waals surface area contributed by atoms with Gasteiger partial charge >= 0.3 is 6.18 Å². The summed E-state index contributed by atoms with van der Waals surface area (Å²) in [5, 5.41) is 2.98. The van der Waals surface area contributed by atoms with E-state index in [-0.39, 0.29) is 6.10 Å². The SMILES string of the molecule is CCCC(CNCC)OCC(F)(F)F. The Balaban J connectivity index is 3.72. The van der Waals surface area contributed by atoms with Crippen LogP contribution in [0.15, 0.2) is 0 Å². The topological polar surface area (TPSA) is 21.3 Å². The number of likely N-dealkylation sites (N-methyl/N-ethyl adjacent to an activating group) is 1. The highest BCUT2D eigenvalue weighted by Gasteiger charge is 2.28. The Hall–Kier alpha value is -0.290. The van der Waals surface area contributed by atoms with Crippen molar-refractivity contribution in [1.29, 1.82) is 0 Å². The Kier molecular flexibility index (Phi) is 6.92. The number of ether oxygens (including phenoxy) is 1. The van der Waals surface area contributed by atoms with Crippen molar-refractivity contribution < 1.29 is 17.9 Å². The number of alkyl halides is 3. The molecule has 0 bridgehead atoms. The minimum Gasteiger partial charge on any atom is -0.367 e. The molecule has 86 valence electrons. The molecule has 0 amide bonds. The fraction of sp³-hybridized carbons (Fsp3) is 1.00. The second kappa shape index (κ2) is 7.06. The standard InChI is InChI=1S/C9H18F3NO/c1-3-5-8(6-13-4-2)14-7-9(10,11)12/h8,13H,3-7H2,1-2H3. The molecule has 0 aromatic heterocycles. The van der Waals surface area contributed by atoms with Gasteiger partial charge in [0, 0.05) is 6.54 Å². The summed E-state index contributed by atoms with van der Waals surface area (Å²) >= 11 is 0. The van der Waals surface area contributed by atoms with Crippen molar-refractivity contribution in [2.45, 2.75) is 39.0 Å². The van der Waals surface area contributed by atoms with Gasteiger partial charge in [0.1, 0.15) is 6.61 Å². The van der Waals surface area contributed by atoms with Gasteiger partial charge in [0.15, 0.2) is 0 Å². The first-order chi connectivity index (χ1) is 6.49. The van der Waals surface area contributed by atoms with Crippen molar-refractivity contribution in [3.63, 3.8) is 0 Å². The van der Waals surface area contributed by atoms with Gasteiger partial charge in [-0.3, -0.25) is 0 Å². The zero-order valence-electron chi connectivity index (χ0n) is 8.66. The maximum atomic E-state index is 11.8. The van der Waals surface area contributed by atoms with Crippen LogP contribution in [0, 0.1) is 0 Å². The lowest BCUT2D eigenvalue weighted by molar-refractivity contribution is -0.185. The molecule has 0 saturated carbocycles. The van der Waals surface area contributed by atoms with E-state index in [0.717, 1.165) is 13.0 Å². The van der Waals surface area contributed by atoms with Crippen LogP contribution < -0.4 is 5.32 Å². The van der Waals surface area contributed by atoms with Gasteiger partial charge in [0.2, 0.25) is 0 Å². The van der Waals surface area contributed by atoms with Gasteiger partial charge in [-0.1, -0.05) is 20.3 Å². The second-order valence-electron chi connectivity index (χ2n) is 3.14. The molecule has 0 radical (unpaired) electrons. The quantitative estimate of drug-likeness (QED) is 0.701. The van der Waals surface area contributed by atoms with Crippen molar-refractivity contribution in [2.75, 3.05) is 19.7 Å². The van der Waals surface area contributed by atoms with Crippen molar-refractivity contribution >= 4 is 0 Å². The van der Waals surface area contributed by atoms with Crippen LogP contribution in [0.5, 0.6) is 0 Å². The molecule has 5 heteroatoms.